The summed E-state index contributed by atoms with van der Waals surface area (Å²) in [4.78, 5) is 28.0. The normalized spacial score (nSPS) is 25.5. The molecule has 1 amide bonds. The molecule has 3 heterocycles. The Morgan fingerprint density at radius 3 is 2.58 bits per heavy atom. The van der Waals surface area contributed by atoms with Crippen molar-refractivity contribution in [2.24, 2.45) is 0 Å². The fourth-order valence-corrected chi connectivity index (χ4v) is 4.77. The van der Waals surface area contributed by atoms with Crippen LogP contribution in [0.1, 0.15) is 49.4 Å². The number of rotatable bonds is 4. The number of piperidine rings is 1. The number of carbonyl (C=O) groups excluding carboxylic acids is 1. The van der Waals surface area contributed by atoms with Gasteiger partial charge in [-0.1, -0.05) is 25.1 Å². The maximum absolute atomic E-state index is 13.0. The van der Waals surface area contributed by atoms with E-state index in [1.54, 1.807) is 4.57 Å². The van der Waals surface area contributed by atoms with Gasteiger partial charge in [-0.15, -0.1) is 0 Å². The fraction of sp³-hybridized carbons (Fsp3) is 0.524. The maximum atomic E-state index is 13.0. The maximum Gasteiger partial charge on any atom is 0.252 e. The van der Waals surface area contributed by atoms with Crippen LogP contribution in [0.25, 0.3) is 10.9 Å². The van der Waals surface area contributed by atoms with E-state index in [4.69, 9.17) is 0 Å². The van der Waals surface area contributed by atoms with E-state index >= 15 is 0 Å². The minimum atomic E-state index is -0.115. The first-order valence-corrected chi connectivity index (χ1v) is 9.74. The van der Waals surface area contributed by atoms with Crippen LogP contribution in [0.2, 0.25) is 0 Å². The lowest BCUT2D eigenvalue weighted by atomic mass is 9.97. The van der Waals surface area contributed by atoms with Gasteiger partial charge >= 0.3 is 0 Å². The summed E-state index contributed by atoms with van der Waals surface area (Å²) in [6.45, 7) is 2.72. The molecular weight excluding hydrogens is 326 g/mol. The van der Waals surface area contributed by atoms with Gasteiger partial charge in [0.05, 0.1) is 11.1 Å². The van der Waals surface area contributed by atoms with E-state index < -0.39 is 0 Å². The molecule has 0 spiro atoms. The molecule has 2 fully saturated rings. The molecule has 0 saturated carbocycles. The predicted octanol–water partition coefficient (Wildman–Crippen LogP) is 2.77. The van der Waals surface area contributed by atoms with Gasteiger partial charge in [-0.2, -0.15) is 0 Å². The zero-order chi connectivity index (χ0) is 18.3. The van der Waals surface area contributed by atoms with Crippen LogP contribution in [0.5, 0.6) is 0 Å². The zero-order valence-electron chi connectivity index (χ0n) is 15.6. The molecule has 5 nitrogen and oxygen atoms in total. The number of carbonyl (C=O) groups is 1. The summed E-state index contributed by atoms with van der Waals surface area (Å²) in [5.41, 5.74) is 1.25. The van der Waals surface area contributed by atoms with Crippen molar-refractivity contribution in [2.75, 3.05) is 7.05 Å². The summed E-state index contributed by atoms with van der Waals surface area (Å²) < 4.78 is 1.77. The molecule has 0 radical (unpaired) electrons. The van der Waals surface area contributed by atoms with Crippen molar-refractivity contribution in [3.63, 3.8) is 0 Å². The van der Waals surface area contributed by atoms with E-state index in [1.807, 2.05) is 24.3 Å². The average molecular weight is 353 g/mol. The first-order valence-electron chi connectivity index (χ1n) is 9.74. The van der Waals surface area contributed by atoms with Crippen LogP contribution in [0.15, 0.2) is 35.1 Å². The number of pyridine rings is 1. The van der Waals surface area contributed by atoms with Crippen molar-refractivity contribution in [2.45, 2.75) is 63.7 Å². The van der Waals surface area contributed by atoms with E-state index in [0.717, 1.165) is 30.2 Å². The van der Waals surface area contributed by atoms with Crippen molar-refractivity contribution in [1.82, 2.24) is 14.8 Å². The van der Waals surface area contributed by atoms with E-state index in [2.05, 4.69) is 24.2 Å². The molecule has 2 bridgehead atoms. The van der Waals surface area contributed by atoms with Gasteiger partial charge in [0.25, 0.3) is 11.5 Å². The van der Waals surface area contributed by atoms with Gasteiger partial charge in [0.15, 0.2) is 0 Å². The second-order valence-electron chi connectivity index (χ2n) is 7.76. The van der Waals surface area contributed by atoms with Gasteiger partial charge in [0.1, 0.15) is 0 Å². The quantitative estimate of drug-likeness (QED) is 0.920. The van der Waals surface area contributed by atoms with Crippen LogP contribution >= 0.6 is 0 Å². The Hall–Kier alpha value is -2.14. The van der Waals surface area contributed by atoms with Crippen LogP contribution in [0.3, 0.4) is 0 Å². The van der Waals surface area contributed by atoms with E-state index in [-0.39, 0.29) is 17.5 Å². The van der Waals surface area contributed by atoms with Crippen molar-refractivity contribution >= 4 is 16.8 Å². The first kappa shape index (κ1) is 17.3. The molecule has 0 aliphatic carbocycles. The highest BCUT2D eigenvalue weighted by Gasteiger charge is 2.38. The third-order valence-corrected chi connectivity index (χ3v) is 6.14. The molecule has 2 atom stereocenters. The molecular formula is C21H27N3O2. The lowest BCUT2D eigenvalue weighted by molar-refractivity contribution is 0.0884. The Morgan fingerprint density at radius 1 is 1.19 bits per heavy atom. The minimum absolute atomic E-state index is 0.0980. The Kier molecular flexibility index (Phi) is 4.57. The zero-order valence-corrected chi connectivity index (χ0v) is 15.6. The van der Waals surface area contributed by atoms with Crippen molar-refractivity contribution < 1.29 is 4.79 Å². The monoisotopic (exact) mass is 353 g/mol. The Bertz CT molecular complexity index is 874. The third-order valence-electron chi connectivity index (χ3n) is 6.14. The summed E-state index contributed by atoms with van der Waals surface area (Å²) in [5.74, 6) is -0.115. The number of para-hydroxylation sites is 1. The molecule has 4 rings (SSSR count). The van der Waals surface area contributed by atoms with Crippen molar-refractivity contribution in [3.05, 3.63) is 46.2 Å². The van der Waals surface area contributed by atoms with Crippen LogP contribution in [-0.2, 0) is 6.54 Å². The second kappa shape index (κ2) is 6.88. The Balaban J connectivity index is 1.63. The lowest BCUT2D eigenvalue weighted by Gasteiger charge is -2.36. The van der Waals surface area contributed by atoms with Crippen molar-refractivity contribution in [3.8, 4) is 0 Å². The fourth-order valence-electron chi connectivity index (χ4n) is 4.77. The molecule has 1 aromatic carbocycles. The molecule has 2 aromatic rings. The van der Waals surface area contributed by atoms with Gasteiger partial charge in [0.2, 0.25) is 0 Å². The summed E-state index contributed by atoms with van der Waals surface area (Å²) in [5, 5.41) is 4.07. The van der Waals surface area contributed by atoms with Gasteiger partial charge in [-0.3, -0.25) is 9.59 Å². The highest BCUT2D eigenvalue weighted by Crippen LogP contribution is 2.34. The molecule has 2 saturated heterocycles. The number of benzene rings is 1. The Labute approximate surface area is 154 Å². The standard InChI is InChI=1S/C21H27N3O2/c1-3-10-24-19-7-5-4-6-17(19)18(13-20(24)25)21(26)22-14-11-15-8-9-16(12-14)23(15)2/h4-7,13-16H,3,8-12H2,1-2H3,(H,22,26). The highest BCUT2D eigenvalue weighted by molar-refractivity contribution is 6.06. The number of nitrogens with zero attached hydrogens (tertiary/aromatic N) is 2. The van der Waals surface area contributed by atoms with E-state index in [0.29, 0.717) is 24.2 Å². The number of aryl methyl sites for hydroxylation is 1. The number of hydrogen-bond donors (Lipinski definition) is 1. The Morgan fingerprint density at radius 2 is 1.88 bits per heavy atom. The van der Waals surface area contributed by atoms with Crippen LogP contribution in [-0.4, -0.2) is 40.5 Å². The third kappa shape index (κ3) is 2.94. The van der Waals surface area contributed by atoms with Crippen LogP contribution in [0, 0.1) is 0 Å². The van der Waals surface area contributed by atoms with Gasteiger partial charge in [-0.05, 0) is 45.2 Å². The summed E-state index contributed by atoms with van der Waals surface area (Å²) >= 11 is 0. The van der Waals surface area contributed by atoms with Crippen LogP contribution < -0.4 is 10.9 Å². The topological polar surface area (TPSA) is 54.3 Å². The number of aromatic nitrogens is 1. The van der Waals surface area contributed by atoms with Gasteiger partial charge in [0, 0.05) is 36.1 Å². The second-order valence-corrected chi connectivity index (χ2v) is 7.76. The number of hydrogen-bond acceptors (Lipinski definition) is 3. The van der Waals surface area contributed by atoms with Crippen LogP contribution in [0.4, 0.5) is 0 Å². The number of fused-ring (bicyclic) bond motifs is 3. The average Bonchev–Trinajstić information content (AvgIpc) is 2.84. The molecule has 2 aliphatic rings. The lowest BCUT2D eigenvalue weighted by Crippen LogP contribution is -2.48. The summed E-state index contributed by atoms with van der Waals surface area (Å²) in [6.07, 6.45) is 5.34. The molecule has 1 aromatic heterocycles. The predicted molar refractivity (Wildman–Crippen MR) is 104 cm³/mol. The molecule has 5 heteroatoms. The van der Waals surface area contributed by atoms with E-state index in [9.17, 15) is 9.59 Å². The van der Waals surface area contributed by atoms with E-state index in [1.165, 1.54) is 18.9 Å². The van der Waals surface area contributed by atoms with Crippen molar-refractivity contribution in [1.29, 1.82) is 0 Å². The molecule has 138 valence electrons. The molecule has 2 unspecified atom stereocenters. The number of nitrogens with one attached hydrogen (secondary N) is 1. The molecule has 2 aliphatic heterocycles. The molecule has 1 N–H and O–H groups in total. The first-order chi connectivity index (χ1) is 12.6. The van der Waals surface area contributed by atoms with Gasteiger partial charge in [-0.25, -0.2) is 0 Å². The smallest absolute Gasteiger partial charge is 0.252 e. The summed E-state index contributed by atoms with van der Waals surface area (Å²) in [7, 11) is 2.20. The molecule has 26 heavy (non-hydrogen) atoms. The van der Waals surface area contributed by atoms with Gasteiger partial charge < -0.3 is 14.8 Å². The summed E-state index contributed by atoms with van der Waals surface area (Å²) in [6, 6.07) is 10.6. The number of amides is 1. The highest BCUT2D eigenvalue weighted by atomic mass is 16.2. The minimum Gasteiger partial charge on any atom is -0.349 e. The largest absolute Gasteiger partial charge is 0.349 e. The SMILES string of the molecule is CCCn1c(=O)cc(C(=O)NC2CC3CCC(C2)N3C)c2ccccc21.